The van der Waals surface area contributed by atoms with E-state index in [9.17, 15) is 19.8 Å². The van der Waals surface area contributed by atoms with Crippen molar-refractivity contribution < 1.29 is 19.8 Å². The predicted octanol–water partition coefficient (Wildman–Crippen LogP) is 1.20. The molecule has 3 heterocycles. The summed E-state index contributed by atoms with van der Waals surface area (Å²) in [4.78, 5) is 28.6. The van der Waals surface area contributed by atoms with Crippen molar-refractivity contribution in [2.45, 2.75) is 44.1 Å². The molecule has 1 aliphatic heterocycles. The van der Waals surface area contributed by atoms with E-state index in [-0.39, 0.29) is 12.1 Å². The van der Waals surface area contributed by atoms with E-state index in [0.29, 0.717) is 6.54 Å². The third-order valence-electron chi connectivity index (χ3n) is 6.30. The Bertz CT molecular complexity index is 1070. The Hall–Kier alpha value is -3.50. The molecular weight excluding hydrogens is 424 g/mol. The van der Waals surface area contributed by atoms with Crippen molar-refractivity contribution in [1.82, 2.24) is 29.8 Å². The fraction of sp³-hybridized carbons (Fsp3) is 0.391. The highest BCUT2D eigenvalue weighted by Crippen LogP contribution is 2.31. The third kappa shape index (κ3) is 4.53. The molecule has 3 aromatic rings. The van der Waals surface area contributed by atoms with Gasteiger partial charge in [-0.15, -0.1) is 0 Å². The van der Waals surface area contributed by atoms with Gasteiger partial charge in [0, 0.05) is 32.2 Å². The number of aromatic amines is 1. The number of aliphatic hydroxyl groups excluding tert-OH is 2. The van der Waals surface area contributed by atoms with Crippen molar-refractivity contribution in [3.8, 4) is 5.69 Å². The first-order valence-corrected chi connectivity index (χ1v) is 10.9. The summed E-state index contributed by atoms with van der Waals surface area (Å²) >= 11 is 0. The van der Waals surface area contributed by atoms with Crippen molar-refractivity contribution >= 4 is 11.8 Å². The summed E-state index contributed by atoms with van der Waals surface area (Å²) < 4.78 is 1.73. The van der Waals surface area contributed by atoms with E-state index < -0.39 is 24.0 Å². The van der Waals surface area contributed by atoms with Gasteiger partial charge in [-0.1, -0.05) is 12.1 Å². The first kappa shape index (κ1) is 22.7. The summed E-state index contributed by atoms with van der Waals surface area (Å²) in [5.41, 5.74) is 2.48. The van der Waals surface area contributed by atoms with Crippen molar-refractivity contribution in [3.63, 3.8) is 0 Å². The van der Waals surface area contributed by atoms with E-state index >= 15 is 0 Å². The van der Waals surface area contributed by atoms with Crippen LogP contribution < -0.4 is 0 Å². The number of hydrogen-bond acceptors (Lipinski definition) is 6. The van der Waals surface area contributed by atoms with E-state index in [2.05, 4.69) is 15.3 Å². The highest BCUT2D eigenvalue weighted by atomic mass is 16.3. The largest absolute Gasteiger partial charge is 0.380 e. The number of amides is 2. The minimum atomic E-state index is -1.86. The van der Waals surface area contributed by atoms with Gasteiger partial charge in [-0.05, 0) is 49.6 Å². The number of nitrogens with one attached hydrogen (secondary N) is 1. The molecule has 1 fully saturated rings. The van der Waals surface area contributed by atoms with Crippen LogP contribution in [-0.4, -0.2) is 77.6 Å². The normalized spacial score (nSPS) is 18.7. The lowest BCUT2D eigenvalue weighted by molar-refractivity contribution is -0.159. The molecule has 1 aromatic carbocycles. The number of likely N-dealkylation sites (N-methyl/N-ethyl adjacent to an activating group) is 1. The van der Waals surface area contributed by atoms with Crippen LogP contribution in [0.3, 0.4) is 0 Å². The number of rotatable bonds is 7. The van der Waals surface area contributed by atoms with E-state index in [1.807, 2.05) is 43.5 Å². The maximum Gasteiger partial charge on any atom is 0.255 e. The van der Waals surface area contributed by atoms with Crippen LogP contribution >= 0.6 is 0 Å². The summed E-state index contributed by atoms with van der Waals surface area (Å²) in [7, 11) is 1.54. The number of aliphatic hydroxyl groups is 2. The molecule has 4 atom stereocenters. The van der Waals surface area contributed by atoms with Crippen LogP contribution in [0.15, 0.2) is 55.0 Å². The molecule has 2 aromatic heterocycles. The van der Waals surface area contributed by atoms with E-state index in [0.717, 1.165) is 29.8 Å². The van der Waals surface area contributed by atoms with Crippen molar-refractivity contribution in [1.29, 1.82) is 0 Å². The summed E-state index contributed by atoms with van der Waals surface area (Å²) in [6.07, 6.45) is 2.89. The van der Waals surface area contributed by atoms with Crippen LogP contribution in [-0.2, 0) is 9.59 Å². The molecule has 0 radical (unpaired) electrons. The monoisotopic (exact) mass is 452 g/mol. The summed E-state index contributed by atoms with van der Waals surface area (Å²) in [5, 5.41) is 32.1. The van der Waals surface area contributed by atoms with Gasteiger partial charge in [0.25, 0.3) is 11.8 Å². The minimum Gasteiger partial charge on any atom is -0.380 e. The van der Waals surface area contributed by atoms with Crippen molar-refractivity contribution in [3.05, 3.63) is 66.2 Å². The van der Waals surface area contributed by atoms with Gasteiger partial charge in [0.15, 0.2) is 12.2 Å². The molecule has 174 valence electrons. The SMILES string of the molecule is C[C@H](c1ccc(-n2cccn2)cc1)N(C)C(=O)[C@H](O)[C@@H](O)C(=O)N1CCC[C@@H]1c1ccn[nH]1. The Morgan fingerprint density at radius 1 is 1.15 bits per heavy atom. The Labute approximate surface area is 191 Å². The van der Waals surface area contributed by atoms with Crippen LogP contribution in [0.25, 0.3) is 5.69 Å². The van der Waals surface area contributed by atoms with Gasteiger partial charge in [0.2, 0.25) is 0 Å². The Kier molecular flexibility index (Phi) is 6.57. The minimum absolute atomic E-state index is 0.262. The van der Waals surface area contributed by atoms with Gasteiger partial charge in [-0.3, -0.25) is 14.7 Å². The second-order valence-corrected chi connectivity index (χ2v) is 8.26. The third-order valence-corrected chi connectivity index (χ3v) is 6.30. The molecule has 0 spiro atoms. The second-order valence-electron chi connectivity index (χ2n) is 8.26. The first-order valence-electron chi connectivity index (χ1n) is 10.9. The lowest BCUT2D eigenvalue weighted by Gasteiger charge is -2.31. The molecule has 2 amide bonds. The molecular formula is C23H28N6O4. The lowest BCUT2D eigenvalue weighted by Crippen LogP contribution is -2.51. The number of aromatic nitrogens is 4. The molecule has 4 rings (SSSR count). The number of carbonyl (C=O) groups excluding carboxylic acids is 2. The van der Waals surface area contributed by atoms with E-state index in [1.165, 1.54) is 16.8 Å². The topological polar surface area (TPSA) is 128 Å². The summed E-state index contributed by atoms with van der Waals surface area (Å²) in [6, 6.07) is 10.5. The van der Waals surface area contributed by atoms with Gasteiger partial charge in [-0.25, -0.2) is 4.68 Å². The highest BCUT2D eigenvalue weighted by molar-refractivity contribution is 5.91. The molecule has 0 saturated carbocycles. The van der Waals surface area contributed by atoms with Gasteiger partial charge in [0.05, 0.1) is 23.5 Å². The molecule has 0 unspecified atom stereocenters. The average Bonchev–Trinajstić information content (AvgIpc) is 3.63. The zero-order valence-corrected chi connectivity index (χ0v) is 18.6. The van der Waals surface area contributed by atoms with E-state index in [4.69, 9.17) is 0 Å². The van der Waals surface area contributed by atoms with Crippen LogP contribution in [0.2, 0.25) is 0 Å². The zero-order valence-electron chi connectivity index (χ0n) is 18.6. The molecule has 0 aliphatic carbocycles. The maximum absolute atomic E-state index is 12.9. The molecule has 33 heavy (non-hydrogen) atoms. The number of nitrogens with zero attached hydrogens (tertiary/aromatic N) is 5. The molecule has 1 aliphatic rings. The molecule has 10 heteroatoms. The van der Waals surface area contributed by atoms with Crippen LogP contribution in [0.4, 0.5) is 0 Å². The number of likely N-dealkylation sites (tertiary alicyclic amines) is 1. The highest BCUT2D eigenvalue weighted by Gasteiger charge is 2.40. The van der Waals surface area contributed by atoms with Gasteiger partial charge in [0.1, 0.15) is 0 Å². The second kappa shape index (κ2) is 9.55. The molecule has 10 nitrogen and oxygen atoms in total. The van der Waals surface area contributed by atoms with Crippen molar-refractivity contribution in [2.75, 3.05) is 13.6 Å². The lowest BCUT2D eigenvalue weighted by atomic mass is 10.0. The van der Waals surface area contributed by atoms with Gasteiger partial charge < -0.3 is 20.0 Å². The van der Waals surface area contributed by atoms with Crippen molar-refractivity contribution in [2.24, 2.45) is 0 Å². The van der Waals surface area contributed by atoms with Gasteiger partial charge in [-0.2, -0.15) is 10.2 Å². The average molecular weight is 453 g/mol. The maximum atomic E-state index is 12.9. The number of carbonyl (C=O) groups is 2. The molecule has 0 bridgehead atoms. The predicted molar refractivity (Wildman–Crippen MR) is 119 cm³/mol. The Morgan fingerprint density at radius 2 is 1.91 bits per heavy atom. The van der Waals surface area contributed by atoms with Gasteiger partial charge >= 0.3 is 0 Å². The standard InChI is InChI=1S/C23H28N6O4/c1-15(16-6-8-17(9-7-16)29-14-4-11-25-29)27(2)22(32)20(30)21(31)23(33)28-13-3-5-19(28)18-10-12-24-26-18/h4,6-12,14-15,19-21,30-31H,3,5,13H2,1-2H3,(H,24,26)/t15-,19-,20-,21-/m1/s1. The zero-order chi connectivity index (χ0) is 23.5. The number of hydrogen-bond donors (Lipinski definition) is 3. The smallest absolute Gasteiger partial charge is 0.255 e. The quantitative estimate of drug-likeness (QED) is 0.494. The number of benzene rings is 1. The first-order chi connectivity index (χ1) is 15.9. The fourth-order valence-corrected chi connectivity index (χ4v) is 4.20. The van der Waals surface area contributed by atoms with Crippen LogP contribution in [0, 0.1) is 0 Å². The van der Waals surface area contributed by atoms with Crippen LogP contribution in [0.5, 0.6) is 0 Å². The summed E-state index contributed by atoms with van der Waals surface area (Å²) in [5.74, 6) is -1.39. The summed E-state index contributed by atoms with van der Waals surface area (Å²) in [6.45, 7) is 2.26. The van der Waals surface area contributed by atoms with E-state index in [1.54, 1.807) is 23.1 Å². The fourth-order valence-electron chi connectivity index (χ4n) is 4.20. The number of H-pyrrole nitrogens is 1. The Morgan fingerprint density at radius 3 is 2.55 bits per heavy atom. The Balaban J connectivity index is 1.41. The molecule has 1 saturated heterocycles. The molecule has 3 N–H and O–H groups in total. The van der Waals surface area contributed by atoms with Crippen LogP contribution in [0.1, 0.15) is 43.1 Å².